The number of ketones is 1. The number of Topliss-reactive ketones (excluding diaryl/α,β-unsaturated/α-hetero) is 1. The van der Waals surface area contributed by atoms with E-state index in [1.54, 1.807) is 0 Å². The number of hydrogen-bond donors (Lipinski definition) is 0. The molecule has 0 spiro atoms. The summed E-state index contributed by atoms with van der Waals surface area (Å²) in [6.45, 7) is 2.82. The molecule has 0 saturated carbocycles. The van der Waals surface area contributed by atoms with Gasteiger partial charge in [-0.25, -0.2) is 17.6 Å². The quantitative estimate of drug-likeness (QED) is 0.747. The van der Waals surface area contributed by atoms with E-state index in [0.717, 1.165) is 36.4 Å². The van der Waals surface area contributed by atoms with Gasteiger partial charge in [-0.3, -0.25) is 4.79 Å². The number of halogens is 4. The Kier molecular flexibility index (Phi) is 4.64. The molecular formula is C17H14F4O. The normalized spacial score (nSPS) is 13.7. The van der Waals surface area contributed by atoms with Crippen LogP contribution >= 0.6 is 0 Å². The largest absolute Gasteiger partial charge is 0.298 e. The van der Waals surface area contributed by atoms with Crippen LogP contribution in [0.25, 0.3) is 0 Å². The minimum atomic E-state index is -0.978. The van der Waals surface area contributed by atoms with Crippen molar-refractivity contribution in [3.8, 4) is 0 Å². The first kappa shape index (κ1) is 16.2. The van der Waals surface area contributed by atoms with E-state index in [2.05, 4.69) is 0 Å². The summed E-state index contributed by atoms with van der Waals surface area (Å²) in [7, 11) is 0. The monoisotopic (exact) mass is 310 g/mol. The maximum absolute atomic E-state index is 13.7. The summed E-state index contributed by atoms with van der Waals surface area (Å²) in [5.74, 6) is -5.24. The van der Waals surface area contributed by atoms with Gasteiger partial charge in [-0.05, 0) is 36.4 Å². The van der Waals surface area contributed by atoms with Crippen molar-refractivity contribution in [2.24, 2.45) is 0 Å². The first-order valence-corrected chi connectivity index (χ1v) is 6.75. The molecular weight excluding hydrogens is 296 g/mol. The molecule has 0 fully saturated rings. The van der Waals surface area contributed by atoms with Gasteiger partial charge in [0.2, 0.25) is 0 Å². The lowest BCUT2D eigenvalue weighted by molar-refractivity contribution is -0.121. The summed E-state index contributed by atoms with van der Waals surface area (Å²) >= 11 is 0. The van der Waals surface area contributed by atoms with E-state index in [-0.39, 0.29) is 11.1 Å². The van der Waals surface area contributed by atoms with Gasteiger partial charge in [0.1, 0.15) is 29.1 Å². The molecule has 0 aliphatic heterocycles. The average molecular weight is 310 g/mol. The van der Waals surface area contributed by atoms with E-state index in [4.69, 9.17) is 0 Å². The molecule has 0 radical (unpaired) electrons. The minimum absolute atomic E-state index is 0.103. The van der Waals surface area contributed by atoms with Gasteiger partial charge in [-0.2, -0.15) is 0 Å². The van der Waals surface area contributed by atoms with Gasteiger partial charge in [-0.15, -0.1) is 0 Å². The Labute approximate surface area is 125 Å². The molecule has 0 bridgehead atoms. The second-order valence-corrected chi connectivity index (χ2v) is 5.18. The predicted molar refractivity (Wildman–Crippen MR) is 74.6 cm³/mol. The van der Waals surface area contributed by atoms with Crippen molar-refractivity contribution < 1.29 is 22.4 Å². The van der Waals surface area contributed by atoms with E-state index in [1.807, 2.05) is 0 Å². The van der Waals surface area contributed by atoms with Crippen LogP contribution in [0, 0.1) is 23.3 Å². The van der Waals surface area contributed by atoms with Crippen LogP contribution in [0.1, 0.15) is 36.8 Å². The van der Waals surface area contributed by atoms with Crippen molar-refractivity contribution in [2.45, 2.75) is 25.7 Å². The number of hydrogen-bond acceptors (Lipinski definition) is 1. The predicted octanol–water partition coefficient (Wildman–Crippen LogP) is 4.72. The SMILES string of the molecule is CC(C(=O)C(C)c1cc(F)ccc1F)c1cc(F)ccc1F. The molecule has 5 heteroatoms. The second kappa shape index (κ2) is 6.30. The molecule has 22 heavy (non-hydrogen) atoms. The zero-order valence-corrected chi connectivity index (χ0v) is 12.0. The number of carbonyl (C=O) groups is 1. The first-order valence-electron chi connectivity index (χ1n) is 6.75. The van der Waals surface area contributed by atoms with Crippen molar-refractivity contribution in [1.29, 1.82) is 0 Å². The molecule has 2 rings (SSSR count). The number of carbonyl (C=O) groups excluding carboxylic acids is 1. The highest BCUT2D eigenvalue weighted by Gasteiger charge is 2.27. The molecule has 2 unspecified atom stereocenters. The smallest absolute Gasteiger partial charge is 0.147 e. The van der Waals surface area contributed by atoms with E-state index in [1.165, 1.54) is 13.8 Å². The van der Waals surface area contributed by atoms with Crippen molar-refractivity contribution in [1.82, 2.24) is 0 Å². The summed E-state index contributed by atoms with van der Waals surface area (Å²) in [4.78, 5) is 12.4. The summed E-state index contributed by atoms with van der Waals surface area (Å²) in [6, 6.07) is 5.64. The molecule has 116 valence electrons. The Morgan fingerprint density at radius 1 is 0.773 bits per heavy atom. The topological polar surface area (TPSA) is 17.1 Å². The zero-order valence-electron chi connectivity index (χ0n) is 12.0. The van der Waals surface area contributed by atoms with Gasteiger partial charge >= 0.3 is 0 Å². The highest BCUT2D eigenvalue weighted by Crippen LogP contribution is 2.29. The lowest BCUT2D eigenvalue weighted by Gasteiger charge is -2.18. The summed E-state index contributed by atoms with van der Waals surface area (Å²) in [5, 5.41) is 0. The van der Waals surface area contributed by atoms with E-state index in [0.29, 0.717) is 0 Å². The average Bonchev–Trinajstić information content (AvgIpc) is 2.50. The molecule has 0 heterocycles. The van der Waals surface area contributed by atoms with Crippen LogP contribution in [0.3, 0.4) is 0 Å². The van der Waals surface area contributed by atoms with Gasteiger partial charge in [0.25, 0.3) is 0 Å². The standard InChI is InChI=1S/C17H14F4O/c1-9(13-7-11(18)3-5-15(13)20)17(22)10(2)14-8-12(19)4-6-16(14)21/h3-10H,1-2H3. The van der Waals surface area contributed by atoms with Crippen LogP contribution in [0.4, 0.5) is 17.6 Å². The lowest BCUT2D eigenvalue weighted by atomic mass is 9.85. The third-order valence-corrected chi connectivity index (χ3v) is 3.70. The van der Waals surface area contributed by atoms with Crippen LogP contribution in [-0.4, -0.2) is 5.78 Å². The van der Waals surface area contributed by atoms with Crippen molar-refractivity contribution in [3.05, 3.63) is 70.8 Å². The second-order valence-electron chi connectivity index (χ2n) is 5.18. The van der Waals surface area contributed by atoms with Gasteiger partial charge in [0, 0.05) is 23.0 Å². The van der Waals surface area contributed by atoms with Gasteiger partial charge in [0.05, 0.1) is 0 Å². The zero-order chi connectivity index (χ0) is 16.4. The third kappa shape index (κ3) is 3.18. The van der Waals surface area contributed by atoms with E-state index >= 15 is 0 Å². The Morgan fingerprint density at radius 2 is 1.14 bits per heavy atom. The van der Waals surface area contributed by atoms with Crippen LogP contribution in [0.15, 0.2) is 36.4 Å². The maximum Gasteiger partial charge on any atom is 0.147 e. The lowest BCUT2D eigenvalue weighted by Crippen LogP contribution is -2.18. The summed E-state index contributed by atoms with van der Waals surface area (Å²) in [5.41, 5.74) is -0.206. The molecule has 0 amide bonds. The van der Waals surface area contributed by atoms with E-state index in [9.17, 15) is 22.4 Å². The molecule has 0 saturated heterocycles. The van der Waals surface area contributed by atoms with Crippen molar-refractivity contribution >= 4 is 5.78 Å². The molecule has 1 nitrogen and oxygen atoms in total. The Bertz CT molecular complexity index is 652. The molecule has 0 aromatic heterocycles. The number of benzene rings is 2. The first-order chi connectivity index (χ1) is 10.3. The fourth-order valence-electron chi connectivity index (χ4n) is 2.37. The Morgan fingerprint density at radius 3 is 1.50 bits per heavy atom. The molecule has 2 aromatic carbocycles. The summed E-state index contributed by atoms with van der Waals surface area (Å²) < 4.78 is 53.9. The van der Waals surface area contributed by atoms with Crippen LogP contribution in [-0.2, 0) is 4.79 Å². The Balaban J connectivity index is 2.34. The van der Waals surface area contributed by atoms with Gasteiger partial charge in [-0.1, -0.05) is 13.8 Å². The number of rotatable bonds is 4. The maximum atomic E-state index is 13.7. The van der Waals surface area contributed by atoms with Crippen LogP contribution < -0.4 is 0 Å². The van der Waals surface area contributed by atoms with Crippen molar-refractivity contribution in [2.75, 3.05) is 0 Å². The van der Waals surface area contributed by atoms with E-state index < -0.39 is 40.9 Å². The van der Waals surface area contributed by atoms with Gasteiger partial charge < -0.3 is 0 Å². The molecule has 0 N–H and O–H groups in total. The fraction of sp³-hybridized carbons (Fsp3) is 0.235. The van der Waals surface area contributed by atoms with Crippen LogP contribution in [0.5, 0.6) is 0 Å². The van der Waals surface area contributed by atoms with Crippen molar-refractivity contribution in [3.63, 3.8) is 0 Å². The minimum Gasteiger partial charge on any atom is -0.298 e. The summed E-state index contributed by atoms with van der Waals surface area (Å²) in [6.07, 6.45) is 0. The third-order valence-electron chi connectivity index (χ3n) is 3.70. The fourth-order valence-corrected chi connectivity index (χ4v) is 2.37. The molecule has 0 aliphatic rings. The highest BCUT2D eigenvalue weighted by molar-refractivity contribution is 5.91. The molecule has 0 aliphatic carbocycles. The molecule has 2 aromatic rings. The van der Waals surface area contributed by atoms with Gasteiger partial charge in [0.15, 0.2) is 0 Å². The Hall–Kier alpha value is -2.17. The highest BCUT2D eigenvalue weighted by atomic mass is 19.1. The van der Waals surface area contributed by atoms with Crippen LogP contribution in [0.2, 0.25) is 0 Å². The molecule has 2 atom stereocenters.